The van der Waals surface area contributed by atoms with Gasteiger partial charge < -0.3 is 15.4 Å². The molecule has 0 aliphatic heterocycles. The lowest BCUT2D eigenvalue weighted by Gasteiger charge is -2.59. The van der Waals surface area contributed by atoms with Gasteiger partial charge in [-0.2, -0.15) is 0 Å². The Morgan fingerprint density at radius 1 is 1.39 bits per heavy atom. The number of methoxy groups -OCH3 is 1. The SMILES string of the molecule is CCNC(=NCc1ccccn1)NC1CC(C)(OC)C1(C)C.I. The first-order chi connectivity index (χ1) is 10.4. The number of rotatable bonds is 5. The van der Waals surface area contributed by atoms with E-state index in [0.717, 1.165) is 24.6 Å². The molecule has 1 aliphatic rings. The molecule has 23 heavy (non-hydrogen) atoms. The van der Waals surface area contributed by atoms with Crippen molar-refractivity contribution in [2.45, 2.75) is 52.3 Å². The molecule has 0 saturated heterocycles. The van der Waals surface area contributed by atoms with Gasteiger partial charge in [-0.1, -0.05) is 19.9 Å². The van der Waals surface area contributed by atoms with Crippen molar-refractivity contribution in [2.24, 2.45) is 10.4 Å². The Balaban J connectivity index is 0.00000264. The van der Waals surface area contributed by atoms with E-state index < -0.39 is 0 Å². The average Bonchev–Trinajstić information content (AvgIpc) is 2.52. The van der Waals surface area contributed by atoms with E-state index in [0.29, 0.717) is 12.6 Å². The van der Waals surface area contributed by atoms with Crippen LogP contribution in [0.1, 0.15) is 39.8 Å². The highest BCUT2D eigenvalue weighted by Gasteiger charge is 2.58. The lowest BCUT2D eigenvalue weighted by Crippen LogP contribution is -2.69. The Bertz CT molecular complexity index is 521. The van der Waals surface area contributed by atoms with Gasteiger partial charge in [0.05, 0.1) is 17.8 Å². The molecule has 0 aromatic carbocycles. The van der Waals surface area contributed by atoms with Crippen LogP contribution in [0.5, 0.6) is 0 Å². The predicted octanol–water partition coefficient (Wildman–Crippen LogP) is 2.96. The number of pyridine rings is 1. The van der Waals surface area contributed by atoms with E-state index in [1.165, 1.54) is 0 Å². The maximum Gasteiger partial charge on any atom is 0.191 e. The first-order valence-corrected chi connectivity index (χ1v) is 7.93. The Hall–Kier alpha value is -0.890. The first-order valence-electron chi connectivity index (χ1n) is 7.93. The molecular weight excluding hydrogens is 403 g/mol. The average molecular weight is 432 g/mol. The molecule has 5 nitrogen and oxygen atoms in total. The maximum absolute atomic E-state index is 5.68. The van der Waals surface area contributed by atoms with E-state index in [1.807, 2.05) is 18.2 Å². The summed E-state index contributed by atoms with van der Waals surface area (Å²) in [4.78, 5) is 8.94. The fourth-order valence-electron chi connectivity index (χ4n) is 2.86. The molecule has 2 N–H and O–H groups in total. The van der Waals surface area contributed by atoms with Crippen molar-refractivity contribution in [3.63, 3.8) is 0 Å². The monoisotopic (exact) mass is 432 g/mol. The number of nitrogens with zero attached hydrogens (tertiary/aromatic N) is 2. The van der Waals surface area contributed by atoms with Crippen LogP contribution >= 0.6 is 24.0 Å². The van der Waals surface area contributed by atoms with Gasteiger partial charge >= 0.3 is 0 Å². The van der Waals surface area contributed by atoms with Gasteiger partial charge in [-0.3, -0.25) is 4.98 Å². The maximum atomic E-state index is 5.68. The van der Waals surface area contributed by atoms with Crippen LogP contribution in [0, 0.1) is 5.41 Å². The van der Waals surface area contributed by atoms with E-state index >= 15 is 0 Å². The minimum absolute atomic E-state index is 0. The molecule has 0 radical (unpaired) electrons. The van der Waals surface area contributed by atoms with Gasteiger partial charge in [0.1, 0.15) is 0 Å². The number of hydrogen-bond donors (Lipinski definition) is 2. The lowest BCUT2D eigenvalue weighted by molar-refractivity contribution is -0.176. The summed E-state index contributed by atoms with van der Waals surface area (Å²) < 4.78 is 5.68. The third-order valence-electron chi connectivity index (χ3n) is 5.06. The second-order valence-electron chi connectivity index (χ2n) is 6.57. The van der Waals surface area contributed by atoms with Crippen molar-refractivity contribution in [3.8, 4) is 0 Å². The van der Waals surface area contributed by atoms with E-state index in [9.17, 15) is 0 Å². The van der Waals surface area contributed by atoms with Crippen LogP contribution in [-0.4, -0.2) is 36.2 Å². The number of aliphatic imine (C=N–C) groups is 1. The van der Waals surface area contributed by atoms with E-state index in [4.69, 9.17) is 4.74 Å². The van der Waals surface area contributed by atoms with Gasteiger partial charge in [0.15, 0.2) is 5.96 Å². The number of halogens is 1. The van der Waals surface area contributed by atoms with Crippen molar-refractivity contribution in [1.29, 1.82) is 0 Å². The van der Waals surface area contributed by atoms with Crippen LogP contribution in [0.25, 0.3) is 0 Å². The zero-order chi connectivity index (χ0) is 16.2. The number of aromatic nitrogens is 1. The summed E-state index contributed by atoms with van der Waals surface area (Å²) in [5, 5.41) is 6.84. The summed E-state index contributed by atoms with van der Waals surface area (Å²) in [6, 6.07) is 6.23. The van der Waals surface area contributed by atoms with Crippen LogP contribution in [0.15, 0.2) is 29.4 Å². The second kappa shape index (κ2) is 8.28. The Labute approximate surface area is 156 Å². The Kier molecular flexibility index (Phi) is 7.26. The molecule has 130 valence electrons. The standard InChI is InChI=1S/C17H28N4O.HI/c1-6-18-15(20-12-13-9-7-8-10-19-13)21-14-11-17(4,22-5)16(14,2)3;/h7-10,14H,6,11-12H2,1-5H3,(H2,18,20,21);1H. The molecule has 1 aromatic rings. The minimum Gasteiger partial charge on any atom is -0.378 e. The molecule has 0 spiro atoms. The smallest absolute Gasteiger partial charge is 0.191 e. The predicted molar refractivity (Wildman–Crippen MR) is 105 cm³/mol. The van der Waals surface area contributed by atoms with Crippen molar-refractivity contribution in [3.05, 3.63) is 30.1 Å². The van der Waals surface area contributed by atoms with Gasteiger partial charge in [-0.25, -0.2) is 4.99 Å². The van der Waals surface area contributed by atoms with Gasteiger partial charge in [-0.05, 0) is 32.4 Å². The summed E-state index contributed by atoms with van der Waals surface area (Å²) in [5.41, 5.74) is 0.945. The molecule has 1 aliphatic carbocycles. The minimum atomic E-state index is -0.0804. The molecule has 2 rings (SSSR count). The fraction of sp³-hybridized carbons (Fsp3) is 0.647. The van der Waals surface area contributed by atoms with Crippen molar-refractivity contribution in [1.82, 2.24) is 15.6 Å². The summed E-state index contributed by atoms with van der Waals surface area (Å²) in [5.74, 6) is 0.837. The van der Waals surface area contributed by atoms with Gasteiger partial charge in [0.25, 0.3) is 0 Å². The highest BCUT2D eigenvalue weighted by Crippen LogP contribution is 2.51. The number of nitrogens with one attached hydrogen (secondary N) is 2. The molecule has 1 saturated carbocycles. The highest BCUT2D eigenvalue weighted by atomic mass is 127. The normalized spacial score (nSPS) is 26.0. The fourth-order valence-corrected chi connectivity index (χ4v) is 2.86. The Morgan fingerprint density at radius 3 is 2.65 bits per heavy atom. The molecule has 0 bridgehead atoms. The van der Waals surface area contributed by atoms with Crippen LogP contribution in [-0.2, 0) is 11.3 Å². The third-order valence-corrected chi connectivity index (χ3v) is 5.06. The van der Waals surface area contributed by atoms with E-state index in [-0.39, 0.29) is 35.0 Å². The molecule has 1 aromatic heterocycles. The first kappa shape index (κ1) is 20.2. The number of ether oxygens (including phenoxy) is 1. The van der Waals surface area contributed by atoms with E-state index in [2.05, 4.69) is 48.3 Å². The zero-order valence-electron chi connectivity index (χ0n) is 14.7. The molecule has 6 heteroatoms. The molecule has 2 atom stereocenters. The molecule has 0 amide bonds. The lowest BCUT2D eigenvalue weighted by atomic mass is 9.56. The van der Waals surface area contributed by atoms with Gasteiger partial charge in [-0.15, -0.1) is 24.0 Å². The van der Waals surface area contributed by atoms with Crippen LogP contribution in [0.3, 0.4) is 0 Å². The molecule has 2 unspecified atom stereocenters. The summed E-state index contributed by atoms with van der Waals surface area (Å²) in [6.07, 6.45) is 2.77. The Morgan fingerprint density at radius 2 is 2.13 bits per heavy atom. The van der Waals surface area contributed by atoms with Crippen molar-refractivity contribution >= 4 is 29.9 Å². The van der Waals surface area contributed by atoms with Crippen LogP contribution in [0.2, 0.25) is 0 Å². The van der Waals surface area contributed by atoms with E-state index in [1.54, 1.807) is 13.3 Å². The van der Waals surface area contributed by atoms with Crippen LogP contribution in [0.4, 0.5) is 0 Å². The summed E-state index contributed by atoms with van der Waals surface area (Å²) in [7, 11) is 1.79. The summed E-state index contributed by atoms with van der Waals surface area (Å²) >= 11 is 0. The molecule has 1 fully saturated rings. The quantitative estimate of drug-likeness (QED) is 0.427. The molecular formula is C17H29IN4O. The third kappa shape index (κ3) is 4.35. The van der Waals surface area contributed by atoms with Crippen molar-refractivity contribution < 1.29 is 4.74 Å². The highest BCUT2D eigenvalue weighted by molar-refractivity contribution is 14.0. The topological polar surface area (TPSA) is 58.5 Å². The van der Waals surface area contributed by atoms with Crippen LogP contribution < -0.4 is 10.6 Å². The number of hydrogen-bond acceptors (Lipinski definition) is 3. The van der Waals surface area contributed by atoms with Gasteiger partial charge in [0, 0.05) is 31.3 Å². The number of guanidine groups is 1. The largest absolute Gasteiger partial charge is 0.378 e. The van der Waals surface area contributed by atoms with Gasteiger partial charge in [0.2, 0.25) is 0 Å². The second-order valence-corrected chi connectivity index (χ2v) is 6.57. The van der Waals surface area contributed by atoms with Crippen molar-refractivity contribution in [2.75, 3.05) is 13.7 Å². The zero-order valence-corrected chi connectivity index (χ0v) is 17.0. The molecule has 1 heterocycles. The summed E-state index contributed by atoms with van der Waals surface area (Å²) in [6.45, 7) is 10.1.